The van der Waals surface area contributed by atoms with Crippen LogP contribution in [0, 0.1) is 53.3 Å². The quantitative estimate of drug-likeness (QED) is 0.113. The number of hydrogen-bond acceptors (Lipinski definition) is 3. The van der Waals surface area contributed by atoms with Crippen LogP contribution < -0.4 is 0 Å². The third kappa shape index (κ3) is 28.5. The van der Waals surface area contributed by atoms with Crippen LogP contribution in [0.3, 0.4) is 0 Å². The highest BCUT2D eigenvalue weighted by Crippen LogP contribution is 2.22. The van der Waals surface area contributed by atoms with Crippen molar-refractivity contribution in [3.8, 4) is 0 Å². The highest BCUT2D eigenvalue weighted by atomic mass is 16.4. The summed E-state index contributed by atoms with van der Waals surface area (Å²) in [5.41, 5.74) is 0. The molecule has 0 heterocycles. The SMILES string of the molecule is CC(C)CCCC(C(=O)O)C(C)C.CC(C)CCCCC(C(=O)O)C(C)C.CC(C)CCCCCC(C(=O)O)C(C)C. The Labute approximate surface area is 260 Å². The largest absolute Gasteiger partial charge is 0.481 e. The molecule has 252 valence electrons. The van der Waals surface area contributed by atoms with Gasteiger partial charge in [0.05, 0.1) is 17.8 Å². The monoisotopic (exact) mass is 601 g/mol. The summed E-state index contributed by atoms with van der Waals surface area (Å²) in [7, 11) is 0. The number of hydrogen-bond donors (Lipinski definition) is 3. The van der Waals surface area contributed by atoms with Crippen LogP contribution in [0.25, 0.3) is 0 Å². The van der Waals surface area contributed by atoms with Crippen LogP contribution in [0.2, 0.25) is 0 Å². The Morgan fingerprint density at radius 2 is 0.571 bits per heavy atom. The lowest BCUT2D eigenvalue weighted by molar-refractivity contribution is -0.144. The molecule has 3 atom stereocenters. The summed E-state index contributed by atoms with van der Waals surface area (Å²) in [6.07, 6.45) is 12.8. The molecule has 0 bridgehead atoms. The predicted octanol–water partition coefficient (Wildman–Crippen LogP) is 10.7. The topological polar surface area (TPSA) is 112 Å². The van der Waals surface area contributed by atoms with Crippen molar-refractivity contribution in [2.24, 2.45) is 53.3 Å². The molecule has 0 radical (unpaired) electrons. The smallest absolute Gasteiger partial charge is 0.306 e. The van der Waals surface area contributed by atoms with Crippen molar-refractivity contribution in [3.05, 3.63) is 0 Å². The van der Waals surface area contributed by atoms with Crippen LogP contribution in [0.5, 0.6) is 0 Å². The molecule has 0 aromatic heterocycles. The van der Waals surface area contributed by atoms with E-state index in [4.69, 9.17) is 15.3 Å². The zero-order chi connectivity index (χ0) is 33.4. The summed E-state index contributed by atoms with van der Waals surface area (Å²) in [5, 5.41) is 26.8. The van der Waals surface area contributed by atoms with Gasteiger partial charge in [-0.2, -0.15) is 0 Å². The van der Waals surface area contributed by atoms with E-state index in [1.54, 1.807) is 0 Å². The van der Waals surface area contributed by atoms with Gasteiger partial charge in [-0.05, 0) is 54.8 Å². The van der Waals surface area contributed by atoms with E-state index < -0.39 is 17.9 Å². The lowest BCUT2D eigenvalue weighted by atomic mass is 9.89. The normalized spacial score (nSPS) is 13.6. The highest BCUT2D eigenvalue weighted by molar-refractivity contribution is 5.70. The lowest BCUT2D eigenvalue weighted by Crippen LogP contribution is -2.19. The molecule has 42 heavy (non-hydrogen) atoms. The molecular formula is C36H72O6. The van der Waals surface area contributed by atoms with E-state index in [0.29, 0.717) is 5.92 Å². The first kappa shape index (κ1) is 44.8. The Balaban J connectivity index is -0.000000545. The zero-order valence-corrected chi connectivity index (χ0v) is 29.7. The van der Waals surface area contributed by atoms with Crippen molar-refractivity contribution in [1.29, 1.82) is 0 Å². The van der Waals surface area contributed by atoms with Crippen LogP contribution in [-0.2, 0) is 14.4 Å². The van der Waals surface area contributed by atoms with Crippen molar-refractivity contribution < 1.29 is 29.7 Å². The maximum atomic E-state index is 10.9. The van der Waals surface area contributed by atoms with E-state index in [1.807, 2.05) is 41.5 Å². The molecule has 0 saturated heterocycles. The molecule has 0 rings (SSSR count). The summed E-state index contributed by atoms with van der Waals surface area (Å²) in [4.78, 5) is 32.6. The van der Waals surface area contributed by atoms with Gasteiger partial charge in [0.15, 0.2) is 0 Å². The second-order valence-corrected chi connectivity index (χ2v) is 14.6. The number of carboxylic acids is 3. The van der Waals surface area contributed by atoms with Crippen molar-refractivity contribution in [3.63, 3.8) is 0 Å². The van der Waals surface area contributed by atoms with Gasteiger partial charge in [-0.15, -0.1) is 0 Å². The fourth-order valence-electron chi connectivity index (χ4n) is 4.98. The number of unbranched alkanes of at least 4 members (excludes halogenated alkanes) is 3. The fourth-order valence-corrected chi connectivity index (χ4v) is 4.98. The van der Waals surface area contributed by atoms with Gasteiger partial charge in [-0.3, -0.25) is 14.4 Å². The predicted molar refractivity (Wildman–Crippen MR) is 178 cm³/mol. The minimum atomic E-state index is -0.640. The first-order valence-corrected chi connectivity index (χ1v) is 17.0. The first-order chi connectivity index (χ1) is 19.3. The van der Waals surface area contributed by atoms with Crippen LogP contribution >= 0.6 is 0 Å². The molecule has 6 heteroatoms. The van der Waals surface area contributed by atoms with E-state index >= 15 is 0 Å². The van der Waals surface area contributed by atoms with Gasteiger partial charge in [-0.1, -0.05) is 141 Å². The minimum Gasteiger partial charge on any atom is -0.481 e. The van der Waals surface area contributed by atoms with E-state index in [0.717, 1.165) is 63.2 Å². The molecule has 0 fully saturated rings. The Bertz CT molecular complexity index is 666. The summed E-state index contributed by atoms with van der Waals surface area (Å²) in [6.45, 7) is 25.1. The maximum absolute atomic E-state index is 10.9. The van der Waals surface area contributed by atoms with Gasteiger partial charge in [-0.25, -0.2) is 0 Å². The van der Waals surface area contributed by atoms with Crippen LogP contribution in [0.1, 0.15) is 160 Å². The van der Waals surface area contributed by atoms with Crippen LogP contribution in [0.15, 0.2) is 0 Å². The van der Waals surface area contributed by atoms with Crippen molar-refractivity contribution in [2.45, 2.75) is 160 Å². The molecule has 0 saturated carbocycles. The molecule has 0 amide bonds. The van der Waals surface area contributed by atoms with E-state index in [9.17, 15) is 14.4 Å². The maximum Gasteiger partial charge on any atom is 0.306 e. The third-order valence-corrected chi connectivity index (χ3v) is 8.01. The Kier molecular flexibility index (Phi) is 28.8. The van der Waals surface area contributed by atoms with Gasteiger partial charge in [0.25, 0.3) is 0 Å². The Morgan fingerprint density at radius 1 is 0.357 bits per heavy atom. The molecule has 0 aromatic carbocycles. The molecule has 0 aromatic rings. The molecule has 0 aliphatic carbocycles. The van der Waals surface area contributed by atoms with Gasteiger partial charge < -0.3 is 15.3 Å². The molecule has 3 N–H and O–H groups in total. The summed E-state index contributed by atoms with van der Waals surface area (Å²) >= 11 is 0. The summed E-state index contributed by atoms with van der Waals surface area (Å²) in [6, 6.07) is 0. The second kappa shape index (κ2) is 27.0. The van der Waals surface area contributed by atoms with Crippen LogP contribution in [-0.4, -0.2) is 33.2 Å². The number of aliphatic carboxylic acids is 3. The number of rotatable bonds is 21. The van der Waals surface area contributed by atoms with Gasteiger partial charge in [0.1, 0.15) is 0 Å². The van der Waals surface area contributed by atoms with Crippen LogP contribution in [0.4, 0.5) is 0 Å². The first-order valence-electron chi connectivity index (χ1n) is 17.0. The Hall–Kier alpha value is -1.59. The third-order valence-electron chi connectivity index (χ3n) is 8.01. The molecule has 0 aliphatic rings. The fraction of sp³-hybridized carbons (Fsp3) is 0.917. The summed E-state index contributed by atoms with van der Waals surface area (Å²) < 4.78 is 0. The Morgan fingerprint density at radius 3 is 0.833 bits per heavy atom. The zero-order valence-electron chi connectivity index (χ0n) is 29.7. The van der Waals surface area contributed by atoms with E-state index in [-0.39, 0.29) is 35.5 Å². The molecule has 0 spiro atoms. The van der Waals surface area contributed by atoms with Gasteiger partial charge in [0, 0.05) is 0 Å². The average Bonchev–Trinajstić information content (AvgIpc) is 2.82. The standard InChI is InChI=1S/C13H26O2.C12H24O2.C11H22O2/c1-10(2)8-6-5-7-9-12(11(3)4)13(14)15;1-9(2)7-5-6-8-11(10(3)4)12(13)14;1-8(2)6-5-7-10(9(3)4)11(12)13/h10-12H,5-9H2,1-4H3,(H,14,15);9-11H,5-8H2,1-4H3,(H,13,14);8-10H,5-7H2,1-4H3,(H,12,13). The lowest BCUT2D eigenvalue weighted by Gasteiger charge is -2.16. The summed E-state index contributed by atoms with van der Waals surface area (Å²) in [5.74, 6) is 0.593. The van der Waals surface area contributed by atoms with Gasteiger partial charge >= 0.3 is 17.9 Å². The molecular weight excluding hydrogens is 528 g/mol. The van der Waals surface area contributed by atoms with E-state index in [2.05, 4.69) is 41.5 Å². The van der Waals surface area contributed by atoms with Crippen molar-refractivity contribution in [2.75, 3.05) is 0 Å². The minimum absolute atomic E-state index is 0.149. The average molecular weight is 601 g/mol. The van der Waals surface area contributed by atoms with Crippen molar-refractivity contribution >= 4 is 17.9 Å². The molecule has 0 aliphatic heterocycles. The van der Waals surface area contributed by atoms with E-state index in [1.165, 1.54) is 25.7 Å². The second-order valence-electron chi connectivity index (χ2n) is 14.6. The molecule has 3 unspecified atom stereocenters. The van der Waals surface area contributed by atoms with Crippen molar-refractivity contribution in [1.82, 2.24) is 0 Å². The number of carbonyl (C=O) groups is 3. The highest BCUT2D eigenvalue weighted by Gasteiger charge is 2.22. The number of carboxylic acid groups (broad SMARTS) is 3. The van der Waals surface area contributed by atoms with Gasteiger partial charge in [0.2, 0.25) is 0 Å². The molecule has 6 nitrogen and oxygen atoms in total.